The summed E-state index contributed by atoms with van der Waals surface area (Å²) in [7, 11) is 0. The van der Waals surface area contributed by atoms with Gasteiger partial charge in [0.2, 0.25) is 11.8 Å². The van der Waals surface area contributed by atoms with Crippen LogP contribution in [0.15, 0.2) is 156 Å². The van der Waals surface area contributed by atoms with Crippen molar-refractivity contribution >= 4 is 156 Å². The van der Waals surface area contributed by atoms with Gasteiger partial charge in [-0.25, -0.2) is 56.7 Å². The number of amides is 5. The standard InChI is InChI=1S/C36H37Cl2F5N6O3S.C34H38Cl2F2N6O2S.C21H18Cl2FN3O2S/c1-5-22-16-48(32(52)36(41,42)43)35(10-11-35)17-47(22)30(50)25-13-21(39)15-46(25)31(51)28-27(18(2)3)49-29(19-6-8-23(37)24(40)12-19)34(4,45-33(49)53-28)20-7-9-26(38)44-14-20;1-5-22-15-40-34(10-11-34)17-43(22)30(45)25-13-21(37)16-42(25)31(46)28-27(18(2)3)44-29(19-6-8-23(35)24(38)12-19)33(4,41-32(44)47-28)20-7-9-26(36)39-14-20;1-10(2)16-17(19(28)29)30-20-26-21(3,12-5-7-15(23)25-9-12)18(27(16)20)11-4-6-13(22)14(24)8-11/h6-9,12,14,18,21-22,25,29H,5,10-11,13,15-17H2,1-4H3;6-9,12,14,18,21-22,25,29,40H,5,10-11,13,15-17H2,1-4H3;4-10,18H,1-3H3,(H,28,29)/t21-,22+,25+,29-,34+;21-,22+,25+,29-,33+;18-,21+/m111/s1. The van der Waals surface area contributed by atoms with Crippen LogP contribution in [0, 0.1) is 35.2 Å². The number of nitrogens with one attached hydrogen (secondary N) is 1. The van der Waals surface area contributed by atoms with Crippen LogP contribution in [0.25, 0.3) is 0 Å². The number of pyridine rings is 3. The number of halogens is 14. The maximum Gasteiger partial charge on any atom is 0.471 e. The van der Waals surface area contributed by atoms with Crippen LogP contribution in [0.1, 0.15) is 179 Å². The van der Waals surface area contributed by atoms with Crippen LogP contribution in [0.4, 0.5) is 35.1 Å². The van der Waals surface area contributed by atoms with Gasteiger partial charge < -0.3 is 49.6 Å². The first-order valence-electron chi connectivity index (χ1n) is 42.9. The van der Waals surface area contributed by atoms with Gasteiger partial charge in [0, 0.05) is 109 Å². The molecule has 2 spiro atoms. The van der Waals surface area contributed by atoms with Crippen molar-refractivity contribution in [2.45, 2.75) is 216 Å². The number of likely N-dealkylation sites (tertiary alicyclic amines) is 2. The van der Waals surface area contributed by atoms with Crippen LogP contribution >= 0.6 is 105 Å². The lowest BCUT2D eigenvalue weighted by Crippen LogP contribution is -2.66. The van der Waals surface area contributed by atoms with E-state index in [0.29, 0.717) is 96.0 Å². The zero-order chi connectivity index (χ0) is 93.6. The molecule has 12 aliphatic rings. The van der Waals surface area contributed by atoms with Crippen molar-refractivity contribution in [2.75, 3.05) is 39.3 Å². The first-order chi connectivity index (χ1) is 61.4. The van der Waals surface area contributed by atoms with Crippen LogP contribution < -0.4 is 5.32 Å². The van der Waals surface area contributed by atoms with Gasteiger partial charge >= 0.3 is 18.1 Å². The first-order valence-corrected chi connectivity index (χ1v) is 47.6. The summed E-state index contributed by atoms with van der Waals surface area (Å²) in [5, 5.41) is 15.8. The summed E-state index contributed by atoms with van der Waals surface area (Å²) in [5.41, 5.74) is 1.92. The molecule has 12 atom stereocenters. The van der Waals surface area contributed by atoms with Crippen LogP contribution in [-0.2, 0) is 45.4 Å². The van der Waals surface area contributed by atoms with Crippen molar-refractivity contribution in [3.63, 3.8) is 0 Å². The highest BCUT2D eigenvalue weighted by Gasteiger charge is 2.64. The Labute approximate surface area is 789 Å². The molecule has 0 radical (unpaired) electrons. The summed E-state index contributed by atoms with van der Waals surface area (Å²) in [4.78, 5) is 123. The number of allylic oxidation sites excluding steroid dienone is 3. The van der Waals surface area contributed by atoms with Gasteiger partial charge in [0.15, 0.2) is 15.5 Å². The zero-order valence-electron chi connectivity index (χ0n) is 72.4. The van der Waals surface area contributed by atoms with E-state index in [0.717, 1.165) is 58.8 Å². The van der Waals surface area contributed by atoms with Gasteiger partial charge in [0.1, 0.15) is 88.7 Å². The number of carbonyl (C=O) groups is 6. The highest BCUT2D eigenvalue weighted by molar-refractivity contribution is 8.18. The van der Waals surface area contributed by atoms with E-state index in [1.807, 2.05) is 101 Å². The molecule has 10 aliphatic heterocycles. The minimum atomic E-state index is -5.06. The van der Waals surface area contributed by atoms with Crippen LogP contribution in [0.3, 0.4) is 0 Å². The lowest BCUT2D eigenvalue weighted by atomic mass is 9.81. The molecule has 2 aliphatic carbocycles. The van der Waals surface area contributed by atoms with E-state index in [2.05, 4.69) is 20.3 Å². The molecular formula is C91H93Cl6F8N15O7S3. The first kappa shape index (κ1) is 94.9. The lowest BCUT2D eigenvalue weighted by Gasteiger charge is -2.48. The Morgan fingerprint density at radius 1 is 0.492 bits per heavy atom. The molecule has 22 nitrogen and oxygen atoms in total. The fraction of sp³-hybridized carbons (Fsp3) is 0.473. The van der Waals surface area contributed by atoms with E-state index < -0.39 is 118 Å². The van der Waals surface area contributed by atoms with Gasteiger partial charge in [-0.3, -0.25) is 24.0 Å². The molecule has 13 heterocycles. The van der Waals surface area contributed by atoms with Crippen molar-refractivity contribution < 1.29 is 69.0 Å². The number of hydrogen-bond acceptors (Lipinski definition) is 19. The maximum absolute atomic E-state index is 15.3. The number of carboxylic acid groups (broad SMARTS) is 1. The summed E-state index contributed by atoms with van der Waals surface area (Å²) >= 11 is 39.7. The smallest absolute Gasteiger partial charge is 0.471 e. The van der Waals surface area contributed by atoms with Crippen LogP contribution in [0.2, 0.25) is 30.5 Å². The third kappa shape index (κ3) is 17.2. The molecule has 690 valence electrons. The Balaban J connectivity index is 0.000000148. The summed E-state index contributed by atoms with van der Waals surface area (Å²) < 4.78 is 116. The van der Waals surface area contributed by atoms with E-state index in [1.165, 1.54) is 62.9 Å². The highest BCUT2D eigenvalue weighted by atomic mass is 35.5. The number of carbonyl (C=O) groups excluding carboxylic acids is 5. The minimum Gasteiger partial charge on any atom is -0.477 e. The summed E-state index contributed by atoms with van der Waals surface area (Å²) in [6.07, 6.45) is 0.385. The zero-order valence-corrected chi connectivity index (χ0v) is 79.4. The average Bonchev–Trinajstić information content (AvgIpc) is 1.56. The molecule has 3 aromatic heterocycles. The van der Waals surface area contributed by atoms with E-state index in [9.17, 15) is 55.8 Å². The van der Waals surface area contributed by atoms with E-state index in [-0.39, 0.29) is 117 Å². The summed E-state index contributed by atoms with van der Waals surface area (Å²) in [6.45, 7) is 21.5. The predicted octanol–water partition coefficient (Wildman–Crippen LogP) is 19.6. The van der Waals surface area contributed by atoms with Crippen LogP contribution in [-0.4, -0.2) is 203 Å². The van der Waals surface area contributed by atoms with Gasteiger partial charge in [0.05, 0.1) is 51.8 Å². The molecule has 6 aromatic rings. The van der Waals surface area contributed by atoms with Crippen molar-refractivity contribution in [1.82, 2.24) is 59.5 Å². The number of piperazine rings is 2. The fourth-order valence-corrected chi connectivity index (χ4v) is 24.5. The molecule has 2 saturated carbocycles. The Kier molecular flexibility index (Phi) is 26.2. The van der Waals surface area contributed by atoms with Crippen LogP contribution in [0.5, 0.6) is 0 Å². The molecule has 39 heteroatoms. The molecule has 0 bridgehead atoms. The third-order valence-electron chi connectivity index (χ3n) is 26.7. The normalized spacial score (nSPS) is 27.5. The SMILES string of the molecule is CC(C)C1=C(C(=O)O)SC2=N[C@@](C)(c3ccc(Cl)nc3)[C@@H](c3ccc(Cl)c(F)c3)N21.CC[C@H]1CN(C(=O)C(F)(F)F)C2(CC2)CN1C(=O)[C@@H]1C[C@@H](F)CN1C(=O)C1=C(C(C)C)N2C(=N[C@@](C)(c3ccc(Cl)nc3)[C@H]2c2ccc(Cl)c(F)c2)S1.CC[C@H]1CNC2(CC2)CN1C(=O)[C@@H]1C[C@@H](F)CN1C(=O)C1=C(C(C)C)N2C(=N[C@@](C)(c3ccc(Cl)nc3)[C@H]2c2ccc(Cl)c(F)c2)S1. The number of rotatable bonds is 16. The van der Waals surface area contributed by atoms with Crippen molar-refractivity contribution in [2.24, 2.45) is 32.7 Å². The number of amidine groups is 3. The van der Waals surface area contributed by atoms with E-state index in [4.69, 9.17) is 84.6 Å². The van der Waals surface area contributed by atoms with Gasteiger partial charge in [-0.05, 0) is 184 Å². The summed E-state index contributed by atoms with van der Waals surface area (Å²) in [5.74, 6) is -6.91. The monoisotopic (exact) mass is 1970 g/mol. The number of aromatic nitrogens is 3. The van der Waals surface area contributed by atoms with Crippen molar-refractivity contribution in [1.29, 1.82) is 0 Å². The maximum atomic E-state index is 15.3. The molecule has 3 aromatic carbocycles. The van der Waals surface area contributed by atoms with Gasteiger partial charge in [-0.15, -0.1) is 0 Å². The highest BCUT2D eigenvalue weighted by Crippen LogP contribution is 2.61. The number of hydrogen-bond donors (Lipinski definition) is 2. The molecule has 130 heavy (non-hydrogen) atoms. The second-order valence-electron chi connectivity index (χ2n) is 36.3. The Hall–Kier alpha value is -8.25. The molecular weight excluding hydrogens is 1880 g/mol. The molecule has 6 fully saturated rings. The number of aliphatic carboxylic acids is 1. The number of carboxylic acids is 1. The Morgan fingerprint density at radius 2 is 0.846 bits per heavy atom. The van der Waals surface area contributed by atoms with E-state index in [1.54, 1.807) is 68.0 Å². The Bertz CT molecular complexity index is 5800. The number of aliphatic imine (C=N–C) groups is 3. The number of nitrogens with zero attached hydrogens (tertiary/aromatic N) is 14. The predicted molar refractivity (Wildman–Crippen MR) is 487 cm³/mol. The molecule has 0 unspecified atom stereocenters. The van der Waals surface area contributed by atoms with Gasteiger partial charge in [-0.2, -0.15) is 13.2 Å². The fourth-order valence-electron chi connectivity index (χ4n) is 19.8. The van der Waals surface area contributed by atoms with Gasteiger partial charge in [0.25, 0.3) is 11.8 Å². The quantitative estimate of drug-likeness (QED) is 0.0677. The lowest BCUT2D eigenvalue weighted by molar-refractivity contribution is -0.193. The molecule has 5 amide bonds. The Morgan fingerprint density at radius 3 is 1.15 bits per heavy atom. The second-order valence-corrected chi connectivity index (χ2v) is 41.6. The van der Waals surface area contributed by atoms with Crippen molar-refractivity contribution in [3.8, 4) is 0 Å². The molecule has 18 rings (SSSR count). The topological polar surface area (TPSA) is 236 Å². The van der Waals surface area contributed by atoms with E-state index >= 15 is 13.2 Å². The summed E-state index contributed by atoms with van der Waals surface area (Å²) in [6, 6.07) is 19.7. The number of thioether (sulfide) groups is 3. The minimum absolute atomic E-state index is 0.00182. The number of benzene rings is 3. The third-order valence-corrected chi connectivity index (χ3v) is 31.5. The average molecular weight is 1970 g/mol. The molecule has 2 N–H and O–H groups in total. The second kappa shape index (κ2) is 35.9. The van der Waals surface area contributed by atoms with Gasteiger partial charge in [-0.1, -0.05) is 161 Å². The molecule has 4 saturated heterocycles. The van der Waals surface area contributed by atoms with Crippen molar-refractivity contribution in [3.05, 3.63) is 223 Å². The number of fused-ring (bicyclic) bond motifs is 3. The number of alkyl halides is 5. The largest absolute Gasteiger partial charge is 0.477 e.